The number of halogens is 4. The third kappa shape index (κ3) is 6.94. The molecule has 0 saturated carbocycles. The second kappa shape index (κ2) is 12.0. The van der Waals surface area contributed by atoms with Crippen LogP contribution in [-0.2, 0) is 22.4 Å². The number of benzene rings is 4. The van der Waals surface area contributed by atoms with Crippen LogP contribution < -0.4 is 20.2 Å². The van der Waals surface area contributed by atoms with E-state index in [1.165, 1.54) is 13.3 Å². The first-order valence-corrected chi connectivity index (χ1v) is 12.2. The molecule has 4 rings (SSSR count). The third-order valence-electron chi connectivity index (χ3n) is 5.56. The van der Waals surface area contributed by atoms with Crippen molar-refractivity contribution in [3.8, 4) is 11.5 Å². The molecule has 0 aliphatic heterocycles. The summed E-state index contributed by atoms with van der Waals surface area (Å²) in [5, 5.41) is 8.16. The van der Waals surface area contributed by atoms with Crippen LogP contribution in [0.5, 0.6) is 11.5 Å². The summed E-state index contributed by atoms with van der Waals surface area (Å²) in [7, 11) is 1.49. The molecule has 2 N–H and O–H groups in total. The normalized spacial score (nSPS) is 11.4. The Morgan fingerprint density at radius 1 is 0.974 bits per heavy atom. The third-order valence-corrected chi connectivity index (χ3v) is 6.15. The van der Waals surface area contributed by atoms with Crippen LogP contribution in [0, 0.1) is 0 Å². The van der Waals surface area contributed by atoms with Gasteiger partial charge in [0.2, 0.25) is 0 Å². The van der Waals surface area contributed by atoms with Crippen LogP contribution in [0.1, 0.15) is 16.7 Å². The van der Waals surface area contributed by atoms with E-state index in [0.29, 0.717) is 28.1 Å². The topological polar surface area (TPSA) is 89.0 Å². The molecule has 0 unspecified atom stereocenters. The standard InChI is InChI=1S/C28H21BrF3N3O4/c1-38-24-14-17(13-23(29)25(24)39-16-19-7-4-6-18-5-2-3-8-22(18)19)15-33-35-27(37)26(36)34-21-11-9-20(10-12-21)28(30,31)32/h2-15H,16H2,1H3,(H,34,36)(H,35,37)/b33-15+. The van der Waals surface area contributed by atoms with Crippen molar-refractivity contribution in [3.63, 3.8) is 0 Å². The molecule has 0 atom stereocenters. The van der Waals surface area contributed by atoms with Gasteiger partial charge in [-0.2, -0.15) is 18.3 Å². The van der Waals surface area contributed by atoms with Crippen LogP contribution in [0.2, 0.25) is 0 Å². The fourth-order valence-corrected chi connectivity index (χ4v) is 4.24. The number of nitrogens with zero attached hydrogens (tertiary/aromatic N) is 1. The van der Waals surface area contributed by atoms with Gasteiger partial charge in [0.1, 0.15) is 6.61 Å². The molecule has 0 spiro atoms. The number of ether oxygens (including phenoxy) is 2. The van der Waals surface area contributed by atoms with Crippen molar-refractivity contribution >= 4 is 50.4 Å². The van der Waals surface area contributed by atoms with Crippen LogP contribution in [0.15, 0.2) is 88.4 Å². The Kier molecular flexibility index (Phi) is 8.50. The Balaban J connectivity index is 1.38. The van der Waals surface area contributed by atoms with Gasteiger partial charge in [-0.15, -0.1) is 0 Å². The number of nitrogens with one attached hydrogen (secondary N) is 2. The highest BCUT2D eigenvalue weighted by Gasteiger charge is 2.30. The summed E-state index contributed by atoms with van der Waals surface area (Å²) in [5.41, 5.74) is 2.76. The van der Waals surface area contributed by atoms with Crippen LogP contribution in [0.4, 0.5) is 18.9 Å². The lowest BCUT2D eigenvalue weighted by Gasteiger charge is -2.14. The second-order valence-electron chi connectivity index (χ2n) is 8.19. The molecular weight excluding hydrogens is 579 g/mol. The van der Waals surface area contributed by atoms with Gasteiger partial charge >= 0.3 is 18.0 Å². The molecule has 2 amide bonds. The van der Waals surface area contributed by atoms with Crippen LogP contribution in [0.25, 0.3) is 10.8 Å². The highest BCUT2D eigenvalue weighted by molar-refractivity contribution is 9.10. The van der Waals surface area contributed by atoms with Crippen molar-refractivity contribution in [3.05, 3.63) is 100 Å². The summed E-state index contributed by atoms with van der Waals surface area (Å²) in [4.78, 5) is 24.1. The first kappa shape index (κ1) is 27.6. The Hall–Kier alpha value is -4.38. The lowest BCUT2D eigenvalue weighted by molar-refractivity contribution is -0.137. The number of rotatable bonds is 7. The largest absolute Gasteiger partial charge is 0.493 e. The van der Waals surface area contributed by atoms with Gasteiger partial charge in [0, 0.05) is 5.69 Å². The molecule has 39 heavy (non-hydrogen) atoms. The van der Waals surface area contributed by atoms with Crippen molar-refractivity contribution in [2.45, 2.75) is 12.8 Å². The number of hydrogen-bond acceptors (Lipinski definition) is 5. The maximum Gasteiger partial charge on any atom is 0.416 e. The van der Waals surface area contributed by atoms with E-state index < -0.39 is 23.6 Å². The fraction of sp³-hybridized carbons (Fsp3) is 0.107. The average molecular weight is 600 g/mol. The van der Waals surface area contributed by atoms with E-state index in [4.69, 9.17) is 9.47 Å². The number of hydrazone groups is 1. The predicted octanol–water partition coefficient (Wildman–Crippen LogP) is 6.30. The molecule has 11 heteroatoms. The highest BCUT2D eigenvalue weighted by atomic mass is 79.9. The number of hydrogen-bond donors (Lipinski definition) is 2. The first-order chi connectivity index (χ1) is 18.7. The maximum absolute atomic E-state index is 12.7. The van der Waals surface area contributed by atoms with E-state index in [2.05, 4.69) is 31.8 Å². The zero-order chi connectivity index (χ0) is 28.0. The van der Waals surface area contributed by atoms with Gasteiger partial charge in [-0.1, -0.05) is 42.5 Å². The van der Waals surface area contributed by atoms with Crippen molar-refractivity contribution in [2.75, 3.05) is 12.4 Å². The molecule has 0 aliphatic carbocycles. The number of methoxy groups -OCH3 is 1. The molecule has 7 nitrogen and oxygen atoms in total. The van der Waals surface area contributed by atoms with Crippen LogP contribution in [-0.4, -0.2) is 25.1 Å². The van der Waals surface area contributed by atoms with Gasteiger partial charge in [-0.25, -0.2) is 5.43 Å². The Morgan fingerprint density at radius 2 is 1.69 bits per heavy atom. The molecule has 0 saturated heterocycles. The summed E-state index contributed by atoms with van der Waals surface area (Å²) in [6.07, 6.45) is -3.21. The van der Waals surface area contributed by atoms with Gasteiger partial charge in [0.15, 0.2) is 11.5 Å². The Morgan fingerprint density at radius 3 is 2.41 bits per heavy atom. The number of anilines is 1. The fourth-order valence-electron chi connectivity index (χ4n) is 3.67. The monoisotopic (exact) mass is 599 g/mol. The Bertz CT molecular complexity index is 1530. The summed E-state index contributed by atoms with van der Waals surface area (Å²) >= 11 is 3.47. The molecule has 0 heterocycles. The lowest BCUT2D eigenvalue weighted by Crippen LogP contribution is -2.32. The van der Waals surface area contributed by atoms with Crippen molar-refractivity contribution in [1.29, 1.82) is 0 Å². The number of carbonyl (C=O) groups is 2. The molecule has 0 aliphatic rings. The second-order valence-corrected chi connectivity index (χ2v) is 9.04. The lowest BCUT2D eigenvalue weighted by atomic mass is 10.1. The van der Waals surface area contributed by atoms with Crippen molar-refractivity contribution in [1.82, 2.24) is 5.43 Å². The van der Waals surface area contributed by atoms with Crippen LogP contribution >= 0.6 is 15.9 Å². The first-order valence-electron chi connectivity index (χ1n) is 11.4. The minimum atomic E-state index is -4.51. The molecule has 0 aromatic heterocycles. The average Bonchev–Trinajstić information content (AvgIpc) is 2.92. The Labute approximate surface area is 229 Å². The number of amides is 2. The van der Waals surface area contributed by atoms with E-state index in [9.17, 15) is 22.8 Å². The predicted molar refractivity (Wildman–Crippen MR) is 145 cm³/mol. The number of fused-ring (bicyclic) bond motifs is 1. The molecule has 200 valence electrons. The molecule has 4 aromatic carbocycles. The van der Waals surface area contributed by atoms with Crippen LogP contribution in [0.3, 0.4) is 0 Å². The van der Waals surface area contributed by atoms with E-state index in [0.717, 1.165) is 40.6 Å². The van der Waals surface area contributed by atoms with Gasteiger partial charge in [0.25, 0.3) is 0 Å². The zero-order valence-electron chi connectivity index (χ0n) is 20.4. The van der Waals surface area contributed by atoms with Gasteiger partial charge in [-0.3, -0.25) is 9.59 Å². The van der Waals surface area contributed by atoms with Gasteiger partial charge in [0.05, 0.1) is 23.4 Å². The molecule has 0 fully saturated rings. The van der Waals surface area contributed by atoms with Gasteiger partial charge < -0.3 is 14.8 Å². The quantitative estimate of drug-likeness (QED) is 0.148. The zero-order valence-corrected chi connectivity index (χ0v) is 22.0. The highest BCUT2D eigenvalue weighted by Crippen LogP contribution is 2.37. The van der Waals surface area contributed by atoms with E-state index in [-0.39, 0.29) is 5.69 Å². The van der Waals surface area contributed by atoms with Crippen molar-refractivity contribution in [2.24, 2.45) is 5.10 Å². The SMILES string of the molecule is COc1cc(/C=N/NC(=O)C(=O)Nc2ccc(C(F)(F)F)cc2)cc(Br)c1OCc1cccc2ccccc12. The minimum Gasteiger partial charge on any atom is -0.493 e. The number of carbonyl (C=O) groups excluding carboxylic acids is 2. The maximum atomic E-state index is 12.7. The molecular formula is C28H21BrF3N3O4. The molecule has 4 aromatic rings. The molecule has 0 bridgehead atoms. The van der Waals surface area contributed by atoms with E-state index in [1.54, 1.807) is 12.1 Å². The van der Waals surface area contributed by atoms with Gasteiger partial charge in [-0.05, 0) is 74.2 Å². The molecule has 0 radical (unpaired) electrons. The smallest absolute Gasteiger partial charge is 0.416 e. The minimum absolute atomic E-state index is 0.0277. The summed E-state index contributed by atoms with van der Waals surface area (Å²) in [6, 6.07) is 21.0. The summed E-state index contributed by atoms with van der Waals surface area (Å²) in [6.45, 7) is 0.299. The number of alkyl halides is 3. The van der Waals surface area contributed by atoms with E-state index in [1.807, 2.05) is 42.5 Å². The van der Waals surface area contributed by atoms with E-state index >= 15 is 0 Å². The summed E-state index contributed by atoms with van der Waals surface area (Å²) < 4.78 is 50.1. The van der Waals surface area contributed by atoms with Crippen molar-refractivity contribution < 1.29 is 32.2 Å². The summed E-state index contributed by atoms with van der Waals surface area (Å²) in [5.74, 6) is -1.31.